The van der Waals surface area contributed by atoms with Crippen molar-refractivity contribution in [2.24, 2.45) is 5.41 Å². The van der Waals surface area contributed by atoms with Crippen molar-refractivity contribution in [3.63, 3.8) is 0 Å². The summed E-state index contributed by atoms with van der Waals surface area (Å²) in [6.07, 6.45) is 2.12. The summed E-state index contributed by atoms with van der Waals surface area (Å²) < 4.78 is 0. The molecule has 0 bridgehead atoms. The summed E-state index contributed by atoms with van der Waals surface area (Å²) in [4.78, 5) is 24.5. The number of anilines is 1. The molecule has 0 aromatic heterocycles. The fourth-order valence-electron chi connectivity index (χ4n) is 3.08. The van der Waals surface area contributed by atoms with Crippen molar-refractivity contribution in [2.45, 2.75) is 46.6 Å². The normalized spacial score (nSPS) is 14.5. The molecule has 0 aliphatic heterocycles. The number of nitrogens with one attached hydrogen (secondary N) is 2. The average molecular weight is 324 g/mol. The fraction of sp³-hybridized carbons (Fsp3) is 0.400. The second-order valence-electron chi connectivity index (χ2n) is 7.55. The first-order valence-corrected chi connectivity index (χ1v) is 8.42. The van der Waals surface area contributed by atoms with Crippen molar-refractivity contribution < 1.29 is 9.59 Å². The topological polar surface area (TPSA) is 58.2 Å². The molecule has 0 radical (unpaired) electrons. The molecular weight excluding hydrogens is 300 g/mol. The first-order chi connectivity index (χ1) is 11.3. The van der Waals surface area contributed by atoms with Crippen LogP contribution in [0, 0.1) is 5.41 Å². The maximum atomic E-state index is 12.5. The summed E-state index contributed by atoms with van der Waals surface area (Å²) in [6, 6.07) is 9.70. The van der Waals surface area contributed by atoms with Gasteiger partial charge in [-0.2, -0.15) is 0 Å². The molecule has 4 heteroatoms. The van der Waals surface area contributed by atoms with E-state index in [0.29, 0.717) is 0 Å². The lowest BCUT2D eigenvalue weighted by Crippen LogP contribution is -2.46. The minimum Gasteiger partial charge on any atom is -0.344 e. The highest BCUT2D eigenvalue weighted by Gasteiger charge is 2.25. The largest absolute Gasteiger partial charge is 0.344 e. The number of amides is 2. The van der Waals surface area contributed by atoms with Gasteiger partial charge in [0.05, 0.1) is 0 Å². The Morgan fingerprint density at radius 3 is 2.38 bits per heavy atom. The minimum absolute atomic E-state index is 0.134. The molecule has 0 saturated carbocycles. The summed E-state index contributed by atoms with van der Waals surface area (Å²) in [5.41, 5.74) is 2.97. The first-order valence-electron chi connectivity index (χ1n) is 8.42. The predicted octanol–water partition coefficient (Wildman–Crippen LogP) is 3.43. The molecule has 1 unspecified atom stereocenters. The van der Waals surface area contributed by atoms with Gasteiger partial charge < -0.3 is 10.6 Å². The van der Waals surface area contributed by atoms with Crippen molar-refractivity contribution >= 4 is 28.3 Å². The molecule has 2 amide bonds. The quantitative estimate of drug-likeness (QED) is 0.909. The molecule has 3 rings (SSSR count). The number of benzene rings is 2. The average Bonchev–Trinajstić information content (AvgIpc) is 2.94. The lowest BCUT2D eigenvalue weighted by Gasteiger charge is -2.21. The summed E-state index contributed by atoms with van der Waals surface area (Å²) in [5.74, 6) is -0.336. The molecule has 1 aliphatic carbocycles. The smallest absolute Gasteiger partial charge is 0.246 e. The number of hydrogen-bond donors (Lipinski definition) is 2. The molecule has 1 atom stereocenters. The van der Waals surface area contributed by atoms with Crippen LogP contribution in [0.2, 0.25) is 0 Å². The summed E-state index contributed by atoms with van der Waals surface area (Å²) in [5, 5.41) is 8.08. The minimum atomic E-state index is -0.584. The molecule has 126 valence electrons. The van der Waals surface area contributed by atoms with Gasteiger partial charge in [-0.3, -0.25) is 9.59 Å². The van der Waals surface area contributed by atoms with Crippen LogP contribution in [0.5, 0.6) is 0 Å². The molecule has 24 heavy (non-hydrogen) atoms. The van der Waals surface area contributed by atoms with E-state index in [1.165, 1.54) is 16.5 Å². The Morgan fingerprint density at radius 2 is 1.71 bits per heavy atom. The third-order valence-electron chi connectivity index (χ3n) is 4.56. The van der Waals surface area contributed by atoms with Crippen molar-refractivity contribution in [1.29, 1.82) is 0 Å². The van der Waals surface area contributed by atoms with Gasteiger partial charge in [-0.05, 0) is 42.3 Å². The van der Waals surface area contributed by atoms with Crippen LogP contribution in [0.25, 0.3) is 10.8 Å². The predicted molar refractivity (Wildman–Crippen MR) is 97.0 cm³/mol. The molecule has 0 spiro atoms. The van der Waals surface area contributed by atoms with Crippen LogP contribution in [-0.4, -0.2) is 17.9 Å². The SMILES string of the molecule is CC(NC(=O)C(C)(C)C)C(=O)Nc1ccc2c3c(cccc13)CC2. The van der Waals surface area contributed by atoms with E-state index in [1.54, 1.807) is 6.92 Å². The third-order valence-corrected chi connectivity index (χ3v) is 4.56. The van der Waals surface area contributed by atoms with Crippen LogP contribution < -0.4 is 10.6 Å². The van der Waals surface area contributed by atoms with Crippen molar-refractivity contribution in [1.82, 2.24) is 5.32 Å². The fourth-order valence-corrected chi connectivity index (χ4v) is 3.08. The van der Waals surface area contributed by atoms with E-state index in [9.17, 15) is 9.59 Å². The number of aryl methyl sites for hydroxylation is 2. The molecular formula is C20H24N2O2. The summed E-state index contributed by atoms with van der Waals surface area (Å²) in [7, 11) is 0. The van der Waals surface area contributed by atoms with E-state index >= 15 is 0 Å². The Hall–Kier alpha value is -2.36. The van der Waals surface area contributed by atoms with Gasteiger partial charge in [-0.15, -0.1) is 0 Å². The highest BCUT2D eigenvalue weighted by atomic mass is 16.2. The van der Waals surface area contributed by atoms with E-state index < -0.39 is 11.5 Å². The van der Waals surface area contributed by atoms with Gasteiger partial charge in [-0.25, -0.2) is 0 Å². The monoisotopic (exact) mass is 324 g/mol. The standard InChI is InChI=1S/C20H24N2O2/c1-12(21-19(24)20(2,3)4)18(23)22-16-11-10-14-9-8-13-6-5-7-15(16)17(13)14/h5-7,10-12H,8-9H2,1-4H3,(H,21,24)(H,22,23). The van der Waals surface area contributed by atoms with Crippen molar-refractivity contribution in [3.05, 3.63) is 41.5 Å². The molecule has 2 aromatic carbocycles. The highest BCUT2D eigenvalue weighted by Crippen LogP contribution is 2.35. The third kappa shape index (κ3) is 3.01. The zero-order chi connectivity index (χ0) is 17.5. The Kier molecular flexibility index (Phi) is 4.08. The van der Waals surface area contributed by atoms with Crippen LogP contribution in [0.3, 0.4) is 0 Å². The lowest BCUT2D eigenvalue weighted by molar-refractivity contribution is -0.131. The molecule has 2 N–H and O–H groups in total. The van der Waals surface area contributed by atoms with Gasteiger partial charge in [0.2, 0.25) is 11.8 Å². The number of rotatable bonds is 3. The van der Waals surface area contributed by atoms with E-state index in [2.05, 4.69) is 22.8 Å². The van der Waals surface area contributed by atoms with Gasteiger partial charge in [0, 0.05) is 16.5 Å². The second kappa shape index (κ2) is 5.93. The van der Waals surface area contributed by atoms with Crippen molar-refractivity contribution in [2.75, 3.05) is 5.32 Å². The van der Waals surface area contributed by atoms with Gasteiger partial charge in [0.25, 0.3) is 0 Å². The molecule has 0 saturated heterocycles. The summed E-state index contributed by atoms with van der Waals surface area (Å²) in [6.45, 7) is 7.20. The van der Waals surface area contributed by atoms with Crippen molar-refractivity contribution in [3.8, 4) is 0 Å². The molecule has 0 fully saturated rings. The second-order valence-corrected chi connectivity index (χ2v) is 7.55. The van der Waals surface area contributed by atoms with E-state index in [-0.39, 0.29) is 11.8 Å². The Morgan fingerprint density at radius 1 is 1.04 bits per heavy atom. The first kappa shape index (κ1) is 16.5. The van der Waals surface area contributed by atoms with Gasteiger partial charge in [0.15, 0.2) is 0 Å². The molecule has 2 aromatic rings. The number of carbonyl (C=O) groups is 2. The number of carbonyl (C=O) groups excluding carboxylic acids is 2. The maximum absolute atomic E-state index is 12.5. The Bertz CT molecular complexity index is 808. The van der Waals surface area contributed by atoms with Gasteiger partial charge in [0.1, 0.15) is 6.04 Å². The zero-order valence-electron chi connectivity index (χ0n) is 14.7. The van der Waals surface area contributed by atoms with Crippen LogP contribution in [0.15, 0.2) is 30.3 Å². The highest BCUT2D eigenvalue weighted by molar-refractivity contribution is 6.06. The number of hydrogen-bond acceptors (Lipinski definition) is 2. The molecule has 4 nitrogen and oxygen atoms in total. The Labute approximate surface area is 142 Å². The van der Waals surface area contributed by atoms with Gasteiger partial charge >= 0.3 is 0 Å². The van der Waals surface area contributed by atoms with E-state index in [4.69, 9.17) is 0 Å². The van der Waals surface area contributed by atoms with E-state index in [1.807, 2.05) is 39.0 Å². The van der Waals surface area contributed by atoms with Crippen LogP contribution in [0.4, 0.5) is 5.69 Å². The van der Waals surface area contributed by atoms with Crippen LogP contribution in [-0.2, 0) is 22.4 Å². The lowest BCUT2D eigenvalue weighted by atomic mass is 9.95. The molecule has 1 aliphatic rings. The summed E-state index contributed by atoms with van der Waals surface area (Å²) >= 11 is 0. The van der Waals surface area contributed by atoms with Crippen LogP contribution in [0.1, 0.15) is 38.8 Å². The molecule has 0 heterocycles. The maximum Gasteiger partial charge on any atom is 0.246 e. The Balaban J connectivity index is 1.81. The van der Waals surface area contributed by atoms with Gasteiger partial charge in [-0.1, -0.05) is 45.0 Å². The van der Waals surface area contributed by atoms with Crippen LogP contribution >= 0.6 is 0 Å². The zero-order valence-corrected chi connectivity index (χ0v) is 14.7. The van der Waals surface area contributed by atoms with E-state index in [0.717, 1.165) is 23.9 Å².